The zero-order valence-corrected chi connectivity index (χ0v) is 10.6. The van der Waals surface area contributed by atoms with Crippen molar-refractivity contribution in [1.82, 2.24) is 9.97 Å². The first-order valence-corrected chi connectivity index (χ1v) is 6.34. The topological polar surface area (TPSA) is 78.4 Å². The maximum Gasteiger partial charge on any atom is 0.488 e. The number of hydrogen-bond acceptors (Lipinski definition) is 5. The van der Waals surface area contributed by atoms with E-state index in [0.29, 0.717) is 17.0 Å². The van der Waals surface area contributed by atoms with Gasteiger partial charge in [0.2, 0.25) is 0 Å². The van der Waals surface area contributed by atoms with Crippen LogP contribution in [0.4, 0.5) is 0 Å². The molecule has 0 saturated heterocycles. The lowest BCUT2D eigenvalue weighted by Gasteiger charge is -2.10. The lowest BCUT2D eigenvalue weighted by Crippen LogP contribution is -2.32. The van der Waals surface area contributed by atoms with Gasteiger partial charge in [0.1, 0.15) is 5.75 Å². The fourth-order valence-corrected chi connectivity index (χ4v) is 2.39. The second kappa shape index (κ2) is 5.95. The van der Waals surface area contributed by atoms with E-state index in [-0.39, 0.29) is 0 Å². The SMILES string of the molecule is COc1ccc(B(O)O)c(CSc2ncc[nH]2)c1. The molecule has 1 heterocycles. The maximum atomic E-state index is 9.31. The molecule has 0 bridgehead atoms. The molecule has 0 aliphatic carbocycles. The van der Waals surface area contributed by atoms with Crippen LogP contribution in [0.5, 0.6) is 5.75 Å². The number of thioether (sulfide) groups is 1. The number of rotatable bonds is 5. The highest BCUT2D eigenvalue weighted by Crippen LogP contribution is 2.20. The molecule has 0 aliphatic heterocycles. The molecule has 0 unspecified atom stereocenters. The quantitative estimate of drug-likeness (QED) is 0.538. The maximum absolute atomic E-state index is 9.31. The van der Waals surface area contributed by atoms with Crippen LogP contribution in [0.1, 0.15) is 5.56 Å². The molecule has 18 heavy (non-hydrogen) atoms. The number of benzene rings is 1. The summed E-state index contributed by atoms with van der Waals surface area (Å²) in [6, 6.07) is 5.15. The lowest BCUT2D eigenvalue weighted by atomic mass is 9.77. The van der Waals surface area contributed by atoms with Gasteiger partial charge in [0.05, 0.1) is 7.11 Å². The smallest absolute Gasteiger partial charge is 0.488 e. The minimum Gasteiger partial charge on any atom is -0.497 e. The molecule has 0 atom stereocenters. The second-order valence-electron chi connectivity index (χ2n) is 3.62. The third-order valence-electron chi connectivity index (χ3n) is 2.47. The standard InChI is InChI=1S/C11H13BN2O3S/c1-17-9-2-3-10(12(15)16)8(6-9)7-18-11-13-4-5-14-11/h2-6,15-16H,7H2,1H3,(H,13,14). The van der Waals surface area contributed by atoms with Crippen molar-refractivity contribution in [2.75, 3.05) is 7.11 Å². The van der Waals surface area contributed by atoms with E-state index < -0.39 is 7.12 Å². The van der Waals surface area contributed by atoms with Crippen LogP contribution in [0.15, 0.2) is 35.7 Å². The van der Waals surface area contributed by atoms with E-state index in [1.165, 1.54) is 11.8 Å². The number of aromatic amines is 1. The summed E-state index contributed by atoms with van der Waals surface area (Å²) in [7, 11) is 0.0940. The minimum absolute atomic E-state index is 0.481. The Bertz CT molecular complexity index is 505. The Balaban J connectivity index is 2.18. The van der Waals surface area contributed by atoms with Gasteiger partial charge >= 0.3 is 7.12 Å². The van der Waals surface area contributed by atoms with Crippen molar-refractivity contribution in [2.24, 2.45) is 0 Å². The van der Waals surface area contributed by atoms with Crippen molar-refractivity contribution >= 4 is 24.3 Å². The van der Waals surface area contributed by atoms with Crippen LogP contribution in [0.3, 0.4) is 0 Å². The van der Waals surface area contributed by atoms with Crippen molar-refractivity contribution < 1.29 is 14.8 Å². The number of nitrogens with zero attached hydrogens (tertiary/aromatic N) is 1. The zero-order valence-electron chi connectivity index (χ0n) is 9.83. The molecular weight excluding hydrogens is 251 g/mol. The number of aromatic nitrogens is 2. The molecule has 0 saturated carbocycles. The Kier molecular flexibility index (Phi) is 4.30. The molecule has 0 spiro atoms. The predicted octanol–water partition coefficient (Wildman–Crippen LogP) is 0.390. The van der Waals surface area contributed by atoms with Crippen molar-refractivity contribution in [2.45, 2.75) is 10.9 Å². The lowest BCUT2D eigenvalue weighted by molar-refractivity contribution is 0.413. The number of methoxy groups -OCH3 is 1. The van der Waals surface area contributed by atoms with E-state index in [4.69, 9.17) is 4.74 Å². The van der Waals surface area contributed by atoms with Crippen LogP contribution in [0.2, 0.25) is 0 Å². The average molecular weight is 264 g/mol. The summed E-state index contributed by atoms with van der Waals surface area (Å²) < 4.78 is 5.13. The van der Waals surface area contributed by atoms with Crippen molar-refractivity contribution in [1.29, 1.82) is 0 Å². The summed E-state index contributed by atoms with van der Waals surface area (Å²) in [6.07, 6.45) is 3.42. The van der Waals surface area contributed by atoms with Crippen LogP contribution in [0.25, 0.3) is 0 Å². The number of imidazole rings is 1. The van der Waals surface area contributed by atoms with E-state index >= 15 is 0 Å². The van der Waals surface area contributed by atoms with E-state index in [1.807, 2.05) is 0 Å². The molecule has 94 valence electrons. The molecule has 2 rings (SSSR count). The largest absolute Gasteiger partial charge is 0.497 e. The highest BCUT2D eigenvalue weighted by atomic mass is 32.2. The molecule has 2 aromatic rings. The molecular formula is C11H13BN2O3S. The van der Waals surface area contributed by atoms with Crippen LogP contribution < -0.4 is 10.2 Å². The van der Waals surface area contributed by atoms with Gasteiger partial charge in [0.15, 0.2) is 5.16 Å². The molecule has 1 aromatic heterocycles. The second-order valence-corrected chi connectivity index (χ2v) is 4.59. The third kappa shape index (κ3) is 3.07. The van der Waals surface area contributed by atoms with Gasteiger partial charge in [-0.15, -0.1) is 0 Å². The van der Waals surface area contributed by atoms with Gasteiger partial charge in [0, 0.05) is 18.1 Å². The first-order valence-electron chi connectivity index (χ1n) is 5.36. The number of H-pyrrole nitrogens is 1. The highest BCUT2D eigenvalue weighted by Gasteiger charge is 2.16. The first kappa shape index (κ1) is 13.0. The fraction of sp³-hybridized carbons (Fsp3) is 0.182. The van der Waals surface area contributed by atoms with Gasteiger partial charge in [0.25, 0.3) is 0 Å². The number of ether oxygens (including phenoxy) is 1. The van der Waals surface area contributed by atoms with Crippen LogP contribution in [-0.4, -0.2) is 34.2 Å². The van der Waals surface area contributed by atoms with Gasteiger partial charge < -0.3 is 19.8 Å². The Morgan fingerprint density at radius 2 is 2.28 bits per heavy atom. The molecule has 0 aliphatic rings. The van der Waals surface area contributed by atoms with Crippen LogP contribution in [-0.2, 0) is 5.75 Å². The van der Waals surface area contributed by atoms with E-state index in [9.17, 15) is 10.0 Å². The van der Waals surface area contributed by atoms with Crippen molar-refractivity contribution in [3.05, 3.63) is 36.2 Å². The van der Waals surface area contributed by atoms with Gasteiger partial charge in [-0.1, -0.05) is 17.8 Å². The molecule has 5 nitrogen and oxygen atoms in total. The summed E-state index contributed by atoms with van der Waals surface area (Å²) in [4.78, 5) is 7.08. The molecule has 0 fully saturated rings. The van der Waals surface area contributed by atoms with E-state index in [0.717, 1.165) is 10.7 Å². The summed E-state index contributed by atoms with van der Waals surface area (Å²) in [5.41, 5.74) is 1.29. The Morgan fingerprint density at radius 1 is 1.44 bits per heavy atom. The molecule has 0 radical (unpaired) electrons. The monoisotopic (exact) mass is 264 g/mol. The van der Waals surface area contributed by atoms with E-state index in [2.05, 4.69) is 9.97 Å². The van der Waals surface area contributed by atoms with Crippen LogP contribution in [0, 0.1) is 0 Å². The normalized spacial score (nSPS) is 10.4. The van der Waals surface area contributed by atoms with E-state index in [1.54, 1.807) is 37.7 Å². The van der Waals surface area contributed by atoms with Gasteiger partial charge in [-0.3, -0.25) is 0 Å². The fourth-order valence-electron chi connectivity index (χ4n) is 1.56. The molecule has 7 heteroatoms. The first-order chi connectivity index (χ1) is 8.70. The number of nitrogens with one attached hydrogen (secondary N) is 1. The average Bonchev–Trinajstić information content (AvgIpc) is 2.88. The zero-order chi connectivity index (χ0) is 13.0. The predicted molar refractivity (Wildman–Crippen MR) is 71.0 cm³/mol. The highest BCUT2D eigenvalue weighted by molar-refractivity contribution is 7.98. The molecule has 0 amide bonds. The van der Waals surface area contributed by atoms with Gasteiger partial charge in [-0.25, -0.2) is 4.98 Å². The Hall–Kier alpha value is -1.44. The number of hydrogen-bond donors (Lipinski definition) is 3. The summed E-state index contributed by atoms with van der Waals surface area (Å²) in [5.74, 6) is 1.27. The third-order valence-corrected chi connectivity index (χ3v) is 3.42. The summed E-state index contributed by atoms with van der Waals surface area (Å²) in [6.45, 7) is 0. The van der Waals surface area contributed by atoms with Crippen molar-refractivity contribution in [3.8, 4) is 5.75 Å². The summed E-state index contributed by atoms with van der Waals surface area (Å²) in [5, 5.41) is 19.4. The Labute approximate surface area is 109 Å². The molecule has 3 N–H and O–H groups in total. The Morgan fingerprint density at radius 3 is 2.89 bits per heavy atom. The van der Waals surface area contributed by atoms with Crippen molar-refractivity contribution in [3.63, 3.8) is 0 Å². The molecule has 1 aromatic carbocycles. The summed E-state index contributed by atoms with van der Waals surface area (Å²) >= 11 is 1.49. The van der Waals surface area contributed by atoms with Gasteiger partial charge in [-0.2, -0.15) is 0 Å². The van der Waals surface area contributed by atoms with Gasteiger partial charge in [-0.05, 0) is 23.2 Å². The van der Waals surface area contributed by atoms with Crippen LogP contribution >= 0.6 is 11.8 Å². The minimum atomic E-state index is -1.48.